The molecule has 0 saturated carbocycles. The molecular formula is C19H19Cl2N3O4. The number of azo groups is 1. The van der Waals surface area contributed by atoms with E-state index in [1.165, 1.54) is 33.3 Å². The number of ketones is 1. The van der Waals surface area contributed by atoms with Crippen molar-refractivity contribution in [2.75, 3.05) is 19.5 Å². The molecule has 0 fully saturated rings. The highest BCUT2D eigenvalue weighted by Gasteiger charge is 2.24. The van der Waals surface area contributed by atoms with Gasteiger partial charge in [0.25, 0.3) is 5.91 Å². The molecule has 0 aliphatic carbocycles. The maximum Gasteiger partial charge on any atom is 0.258 e. The summed E-state index contributed by atoms with van der Waals surface area (Å²) in [5.41, 5.74) is 1.51. The number of amides is 1. The average molecular weight is 424 g/mol. The molecule has 7 nitrogen and oxygen atoms in total. The van der Waals surface area contributed by atoms with E-state index in [4.69, 9.17) is 32.7 Å². The van der Waals surface area contributed by atoms with Gasteiger partial charge in [0.1, 0.15) is 22.2 Å². The third-order valence-corrected chi connectivity index (χ3v) is 4.66. The molecule has 1 atom stereocenters. The highest BCUT2D eigenvalue weighted by atomic mass is 35.5. The van der Waals surface area contributed by atoms with Crippen LogP contribution in [-0.2, 0) is 9.59 Å². The van der Waals surface area contributed by atoms with Crippen LogP contribution in [0.5, 0.6) is 11.5 Å². The van der Waals surface area contributed by atoms with Crippen molar-refractivity contribution >= 4 is 46.3 Å². The average Bonchev–Trinajstić information content (AvgIpc) is 2.66. The number of nitrogens with one attached hydrogen (secondary N) is 1. The molecule has 2 rings (SSSR count). The molecule has 1 N–H and O–H groups in total. The van der Waals surface area contributed by atoms with Crippen LogP contribution in [0.1, 0.15) is 12.5 Å². The van der Waals surface area contributed by atoms with Crippen LogP contribution in [0.4, 0.5) is 11.4 Å². The minimum absolute atomic E-state index is 0.264. The molecule has 148 valence electrons. The SMILES string of the molecule is COc1cc(NC(=O)C(N=Nc2cccc(C)c2Cl)C(C)=O)cc(OC)c1Cl. The van der Waals surface area contributed by atoms with Crippen LogP contribution in [0.25, 0.3) is 0 Å². The zero-order chi connectivity index (χ0) is 20.8. The van der Waals surface area contributed by atoms with Crippen molar-refractivity contribution in [1.82, 2.24) is 0 Å². The quantitative estimate of drug-likeness (QED) is 0.501. The molecule has 0 heterocycles. The number of carbonyl (C=O) groups excluding carboxylic acids is 2. The minimum Gasteiger partial charge on any atom is -0.495 e. The molecule has 0 saturated heterocycles. The zero-order valence-corrected chi connectivity index (χ0v) is 17.3. The van der Waals surface area contributed by atoms with E-state index in [-0.39, 0.29) is 5.02 Å². The number of carbonyl (C=O) groups is 2. The Kier molecular flexibility index (Phi) is 7.37. The summed E-state index contributed by atoms with van der Waals surface area (Å²) in [6, 6.07) is 6.89. The highest BCUT2D eigenvalue weighted by Crippen LogP contribution is 2.37. The number of hydrogen-bond donors (Lipinski definition) is 1. The van der Waals surface area contributed by atoms with Crippen LogP contribution >= 0.6 is 23.2 Å². The third kappa shape index (κ3) is 4.99. The number of hydrogen-bond acceptors (Lipinski definition) is 6. The topological polar surface area (TPSA) is 89.4 Å². The molecule has 0 spiro atoms. The summed E-state index contributed by atoms with van der Waals surface area (Å²) >= 11 is 12.3. The maximum atomic E-state index is 12.6. The standard InChI is InChI=1S/C19H19Cl2N3O4/c1-10-6-5-7-13(16(10)20)23-24-18(11(2)25)19(26)22-12-8-14(27-3)17(21)15(9-12)28-4/h5-9,18H,1-4H3,(H,22,26). The smallest absolute Gasteiger partial charge is 0.258 e. The summed E-state index contributed by atoms with van der Waals surface area (Å²) < 4.78 is 10.3. The zero-order valence-electron chi connectivity index (χ0n) is 15.7. The van der Waals surface area contributed by atoms with E-state index in [9.17, 15) is 9.59 Å². The van der Waals surface area contributed by atoms with Crippen LogP contribution in [-0.4, -0.2) is 32.0 Å². The fraction of sp³-hybridized carbons (Fsp3) is 0.263. The Bertz CT molecular complexity index is 906. The van der Waals surface area contributed by atoms with Gasteiger partial charge in [-0.1, -0.05) is 35.3 Å². The van der Waals surface area contributed by atoms with Crippen molar-refractivity contribution < 1.29 is 19.1 Å². The van der Waals surface area contributed by atoms with E-state index in [2.05, 4.69) is 15.5 Å². The fourth-order valence-corrected chi connectivity index (χ4v) is 2.73. The number of benzene rings is 2. The first-order chi connectivity index (χ1) is 13.3. The lowest BCUT2D eigenvalue weighted by molar-refractivity contribution is -0.126. The first-order valence-electron chi connectivity index (χ1n) is 8.17. The van der Waals surface area contributed by atoms with Gasteiger partial charge < -0.3 is 14.8 Å². The number of ether oxygens (including phenoxy) is 2. The summed E-state index contributed by atoms with van der Waals surface area (Å²) in [4.78, 5) is 24.5. The van der Waals surface area contributed by atoms with E-state index < -0.39 is 17.7 Å². The molecule has 2 aromatic rings. The Balaban J connectivity index is 2.28. The van der Waals surface area contributed by atoms with Crippen LogP contribution in [0.2, 0.25) is 10.0 Å². The van der Waals surface area contributed by atoms with Gasteiger partial charge in [-0.05, 0) is 25.5 Å². The van der Waals surface area contributed by atoms with E-state index in [1.807, 2.05) is 13.0 Å². The van der Waals surface area contributed by atoms with Crippen molar-refractivity contribution in [2.24, 2.45) is 10.2 Å². The summed E-state index contributed by atoms with van der Waals surface area (Å²) in [7, 11) is 2.87. The Morgan fingerprint density at radius 3 is 2.21 bits per heavy atom. The molecule has 0 bridgehead atoms. The second-order valence-corrected chi connectivity index (χ2v) is 6.58. The molecule has 9 heteroatoms. The van der Waals surface area contributed by atoms with Gasteiger partial charge in [-0.15, -0.1) is 0 Å². The Morgan fingerprint density at radius 1 is 1.07 bits per heavy atom. The molecule has 0 aliphatic heterocycles. The molecule has 0 aromatic heterocycles. The lowest BCUT2D eigenvalue weighted by Crippen LogP contribution is -2.31. The second kappa shape index (κ2) is 9.52. The van der Waals surface area contributed by atoms with Gasteiger partial charge in [0.2, 0.25) is 6.04 Å². The number of aryl methyl sites for hydroxylation is 1. The van der Waals surface area contributed by atoms with Crippen LogP contribution < -0.4 is 14.8 Å². The molecule has 0 aliphatic rings. The molecular weight excluding hydrogens is 405 g/mol. The van der Waals surface area contributed by atoms with Crippen LogP contribution in [0.15, 0.2) is 40.6 Å². The van der Waals surface area contributed by atoms with Crippen molar-refractivity contribution in [3.05, 3.63) is 45.9 Å². The van der Waals surface area contributed by atoms with E-state index in [0.29, 0.717) is 27.9 Å². The predicted molar refractivity (Wildman–Crippen MR) is 108 cm³/mol. The van der Waals surface area contributed by atoms with Crippen LogP contribution in [0.3, 0.4) is 0 Å². The lowest BCUT2D eigenvalue weighted by Gasteiger charge is -2.13. The molecule has 2 aromatic carbocycles. The van der Waals surface area contributed by atoms with Crippen molar-refractivity contribution in [3.8, 4) is 11.5 Å². The highest BCUT2D eigenvalue weighted by molar-refractivity contribution is 6.34. The van der Waals surface area contributed by atoms with Crippen LogP contribution in [0, 0.1) is 6.92 Å². The summed E-state index contributed by atoms with van der Waals surface area (Å²) in [5, 5.41) is 11.1. The second-order valence-electron chi connectivity index (χ2n) is 5.82. The van der Waals surface area contributed by atoms with Crippen molar-refractivity contribution in [3.63, 3.8) is 0 Å². The number of methoxy groups -OCH3 is 2. The Labute approximate surface area is 172 Å². The number of anilines is 1. The fourth-order valence-electron chi connectivity index (χ4n) is 2.30. The summed E-state index contributed by atoms with van der Waals surface area (Å²) in [6.07, 6.45) is 0. The third-order valence-electron chi connectivity index (χ3n) is 3.80. The van der Waals surface area contributed by atoms with Gasteiger partial charge in [-0.25, -0.2) is 0 Å². The number of halogens is 2. The first-order valence-corrected chi connectivity index (χ1v) is 8.92. The molecule has 0 radical (unpaired) electrons. The Hall–Kier alpha value is -2.64. The van der Waals surface area contributed by atoms with Gasteiger partial charge in [0.15, 0.2) is 5.78 Å². The monoisotopic (exact) mass is 423 g/mol. The molecule has 28 heavy (non-hydrogen) atoms. The first kappa shape index (κ1) is 21.7. The number of Topliss-reactive ketones (excluding diaryl/α,β-unsaturated/α-hetero) is 1. The largest absolute Gasteiger partial charge is 0.495 e. The maximum absolute atomic E-state index is 12.6. The molecule has 1 amide bonds. The molecule has 1 unspecified atom stereocenters. The summed E-state index contributed by atoms with van der Waals surface area (Å²) in [5.74, 6) is -0.517. The number of rotatable bonds is 7. The Morgan fingerprint density at radius 2 is 1.68 bits per heavy atom. The van der Waals surface area contributed by atoms with Gasteiger partial charge in [0, 0.05) is 17.8 Å². The van der Waals surface area contributed by atoms with E-state index in [1.54, 1.807) is 12.1 Å². The predicted octanol–water partition coefficient (Wildman–Crippen LogP) is 5.00. The van der Waals surface area contributed by atoms with Gasteiger partial charge in [0.05, 0.1) is 19.2 Å². The van der Waals surface area contributed by atoms with Gasteiger partial charge in [-0.2, -0.15) is 10.2 Å². The minimum atomic E-state index is -1.34. The summed E-state index contributed by atoms with van der Waals surface area (Å²) in [6.45, 7) is 3.07. The number of nitrogens with zero attached hydrogens (tertiary/aromatic N) is 2. The van der Waals surface area contributed by atoms with E-state index in [0.717, 1.165) is 5.56 Å². The van der Waals surface area contributed by atoms with Gasteiger partial charge in [-0.3, -0.25) is 9.59 Å². The lowest BCUT2D eigenvalue weighted by atomic mass is 10.2. The van der Waals surface area contributed by atoms with Crippen molar-refractivity contribution in [1.29, 1.82) is 0 Å². The normalized spacial score (nSPS) is 11.9. The van der Waals surface area contributed by atoms with E-state index >= 15 is 0 Å². The van der Waals surface area contributed by atoms with Gasteiger partial charge >= 0.3 is 0 Å². The van der Waals surface area contributed by atoms with Crippen molar-refractivity contribution in [2.45, 2.75) is 19.9 Å².